The molecular formula is C26H38N4O4. The highest BCUT2D eigenvalue weighted by molar-refractivity contribution is 5.76. The van der Waals surface area contributed by atoms with Crippen LogP contribution >= 0.6 is 0 Å². The van der Waals surface area contributed by atoms with E-state index in [2.05, 4.69) is 26.8 Å². The van der Waals surface area contributed by atoms with E-state index in [1.54, 1.807) is 14.2 Å². The van der Waals surface area contributed by atoms with E-state index in [-0.39, 0.29) is 5.91 Å². The second-order valence-corrected chi connectivity index (χ2v) is 9.51. The molecule has 34 heavy (non-hydrogen) atoms. The largest absolute Gasteiger partial charge is 0.493 e. The first-order chi connectivity index (χ1) is 16.6. The summed E-state index contributed by atoms with van der Waals surface area (Å²) in [6.07, 6.45) is 6.22. The molecule has 1 aromatic carbocycles. The molecule has 2 aliphatic heterocycles. The molecule has 8 nitrogen and oxygen atoms in total. The Hall–Kier alpha value is -2.58. The Morgan fingerprint density at radius 1 is 1.15 bits per heavy atom. The smallest absolute Gasteiger partial charge is 0.220 e. The van der Waals surface area contributed by atoms with Gasteiger partial charge in [-0.1, -0.05) is 17.6 Å². The second-order valence-electron chi connectivity index (χ2n) is 9.51. The average Bonchev–Trinajstić information content (AvgIpc) is 3.31. The molecular weight excluding hydrogens is 432 g/mol. The topological polar surface area (TPSA) is 88.9 Å². The van der Waals surface area contributed by atoms with Crippen LogP contribution in [0.1, 0.15) is 49.1 Å². The minimum Gasteiger partial charge on any atom is -0.493 e. The normalized spacial score (nSPS) is 21.2. The Morgan fingerprint density at radius 2 is 1.97 bits per heavy atom. The van der Waals surface area contributed by atoms with Gasteiger partial charge in [-0.2, -0.15) is 0 Å². The quantitative estimate of drug-likeness (QED) is 0.551. The zero-order valence-corrected chi connectivity index (χ0v) is 20.5. The standard InChI is InChI=1S/C26H38N4O4/c1-32-24-7-6-19(12-25(24)33-2)16-28-26(31)14-20-8-9-27-17-21(20)13-22-15-23(34-29-22)18-30-10-4-3-5-11-30/h6-7,12,15,20-21,27H,3-5,8-11,13-14,16-18H2,1-2H3,(H,28,31). The third-order valence-corrected chi connectivity index (χ3v) is 7.06. The molecule has 2 aliphatic rings. The number of hydrogen-bond donors (Lipinski definition) is 2. The number of rotatable bonds is 10. The van der Waals surface area contributed by atoms with Gasteiger partial charge in [-0.25, -0.2) is 0 Å². The molecule has 2 fully saturated rings. The molecule has 4 rings (SSSR count). The van der Waals surface area contributed by atoms with Gasteiger partial charge in [0.05, 0.1) is 26.5 Å². The fourth-order valence-corrected chi connectivity index (χ4v) is 5.12. The molecule has 2 N–H and O–H groups in total. The van der Waals surface area contributed by atoms with Crippen LogP contribution in [0.25, 0.3) is 0 Å². The van der Waals surface area contributed by atoms with E-state index in [1.165, 1.54) is 19.3 Å². The van der Waals surface area contributed by atoms with Crippen molar-refractivity contribution in [1.82, 2.24) is 20.7 Å². The number of aromatic nitrogens is 1. The van der Waals surface area contributed by atoms with Crippen molar-refractivity contribution in [3.63, 3.8) is 0 Å². The van der Waals surface area contributed by atoms with Gasteiger partial charge in [-0.15, -0.1) is 0 Å². The summed E-state index contributed by atoms with van der Waals surface area (Å²) in [7, 11) is 3.23. The van der Waals surface area contributed by atoms with E-state index in [1.807, 2.05) is 18.2 Å². The zero-order valence-electron chi connectivity index (χ0n) is 20.5. The van der Waals surface area contributed by atoms with Gasteiger partial charge >= 0.3 is 0 Å². The van der Waals surface area contributed by atoms with E-state index in [9.17, 15) is 4.79 Å². The summed E-state index contributed by atoms with van der Waals surface area (Å²) in [5, 5.41) is 10.9. The molecule has 2 unspecified atom stereocenters. The molecule has 3 heterocycles. The van der Waals surface area contributed by atoms with Gasteiger partial charge in [0.1, 0.15) is 0 Å². The molecule has 2 aromatic rings. The number of nitrogens with zero attached hydrogens (tertiary/aromatic N) is 2. The van der Waals surface area contributed by atoms with Crippen LogP contribution in [0.3, 0.4) is 0 Å². The Balaban J connectivity index is 1.28. The number of methoxy groups -OCH3 is 2. The summed E-state index contributed by atoms with van der Waals surface area (Å²) in [5.41, 5.74) is 1.98. The van der Waals surface area contributed by atoms with Crippen LogP contribution in [-0.2, 0) is 24.3 Å². The maximum Gasteiger partial charge on any atom is 0.220 e. The highest BCUT2D eigenvalue weighted by atomic mass is 16.5. The summed E-state index contributed by atoms with van der Waals surface area (Å²) < 4.78 is 16.3. The number of nitrogens with one attached hydrogen (secondary N) is 2. The van der Waals surface area contributed by atoms with Crippen LogP contribution in [0.5, 0.6) is 11.5 Å². The number of ether oxygens (including phenoxy) is 2. The lowest BCUT2D eigenvalue weighted by Crippen LogP contribution is -2.40. The van der Waals surface area contributed by atoms with Crippen LogP contribution in [0.2, 0.25) is 0 Å². The Kier molecular flexibility index (Phi) is 8.82. The molecule has 0 spiro atoms. The average molecular weight is 471 g/mol. The highest BCUT2D eigenvalue weighted by Gasteiger charge is 2.28. The summed E-state index contributed by atoms with van der Waals surface area (Å²) in [5.74, 6) is 3.08. The van der Waals surface area contributed by atoms with E-state index in [0.29, 0.717) is 36.3 Å². The number of carbonyl (C=O) groups excluding carboxylic acids is 1. The SMILES string of the molecule is COc1ccc(CNC(=O)CC2CCNCC2Cc2cc(CN3CCCCC3)on2)cc1OC. The molecule has 2 saturated heterocycles. The number of likely N-dealkylation sites (tertiary alicyclic amines) is 1. The van der Waals surface area contributed by atoms with E-state index >= 15 is 0 Å². The molecule has 1 amide bonds. The highest BCUT2D eigenvalue weighted by Crippen LogP contribution is 2.28. The molecule has 1 aromatic heterocycles. The van der Waals surface area contributed by atoms with Crippen LogP contribution in [0.15, 0.2) is 28.8 Å². The first-order valence-corrected chi connectivity index (χ1v) is 12.5. The van der Waals surface area contributed by atoms with Crippen molar-refractivity contribution in [2.75, 3.05) is 40.4 Å². The first kappa shape index (κ1) is 24.5. The van der Waals surface area contributed by atoms with Crippen LogP contribution < -0.4 is 20.1 Å². The van der Waals surface area contributed by atoms with Crippen LogP contribution in [0, 0.1) is 11.8 Å². The molecule has 0 radical (unpaired) electrons. The van der Waals surface area contributed by atoms with Gasteiger partial charge in [-0.3, -0.25) is 9.69 Å². The third kappa shape index (κ3) is 6.73. The number of hydrogen-bond acceptors (Lipinski definition) is 7. The summed E-state index contributed by atoms with van der Waals surface area (Å²) in [6.45, 7) is 5.45. The molecule has 8 heteroatoms. The maximum atomic E-state index is 12.8. The van der Waals surface area contributed by atoms with Crippen molar-refractivity contribution >= 4 is 5.91 Å². The van der Waals surface area contributed by atoms with E-state index < -0.39 is 0 Å². The molecule has 2 atom stereocenters. The minimum atomic E-state index is 0.0811. The van der Waals surface area contributed by atoms with Crippen molar-refractivity contribution in [2.45, 2.75) is 51.6 Å². The van der Waals surface area contributed by atoms with Gasteiger partial charge in [-0.05, 0) is 81.4 Å². The fraction of sp³-hybridized carbons (Fsp3) is 0.615. The van der Waals surface area contributed by atoms with E-state index in [4.69, 9.17) is 14.0 Å². The van der Waals surface area contributed by atoms with Gasteiger partial charge in [0, 0.05) is 19.0 Å². The maximum absolute atomic E-state index is 12.8. The van der Waals surface area contributed by atoms with Gasteiger partial charge in [0.25, 0.3) is 0 Å². The number of benzene rings is 1. The zero-order chi connectivity index (χ0) is 23.8. The molecule has 0 saturated carbocycles. The lowest BCUT2D eigenvalue weighted by molar-refractivity contribution is -0.122. The summed E-state index contributed by atoms with van der Waals surface area (Å²) in [4.78, 5) is 15.2. The van der Waals surface area contributed by atoms with Crippen molar-refractivity contribution in [2.24, 2.45) is 11.8 Å². The van der Waals surface area contributed by atoms with Crippen LogP contribution in [-0.4, -0.2) is 56.4 Å². The number of piperidine rings is 2. The lowest BCUT2D eigenvalue weighted by Gasteiger charge is -2.31. The minimum absolute atomic E-state index is 0.0811. The van der Waals surface area contributed by atoms with Crippen molar-refractivity contribution in [3.8, 4) is 11.5 Å². The Morgan fingerprint density at radius 3 is 2.76 bits per heavy atom. The number of amides is 1. The predicted molar refractivity (Wildman–Crippen MR) is 130 cm³/mol. The Labute approximate surface area is 202 Å². The molecule has 0 aliphatic carbocycles. The van der Waals surface area contributed by atoms with Gasteiger partial charge in [0.2, 0.25) is 5.91 Å². The second kappa shape index (κ2) is 12.2. The molecule has 0 bridgehead atoms. The monoisotopic (exact) mass is 470 g/mol. The van der Waals surface area contributed by atoms with Crippen molar-refractivity contribution in [1.29, 1.82) is 0 Å². The molecule has 186 valence electrons. The lowest BCUT2D eigenvalue weighted by atomic mass is 9.81. The third-order valence-electron chi connectivity index (χ3n) is 7.06. The van der Waals surface area contributed by atoms with Crippen LogP contribution in [0.4, 0.5) is 0 Å². The number of carbonyl (C=O) groups is 1. The van der Waals surface area contributed by atoms with E-state index in [0.717, 1.165) is 62.6 Å². The van der Waals surface area contributed by atoms with Crippen molar-refractivity contribution < 1.29 is 18.8 Å². The van der Waals surface area contributed by atoms with Gasteiger partial charge in [0.15, 0.2) is 17.3 Å². The van der Waals surface area contributed by atoms with Gasteiger partial charge < -0.3 is 24.6 Å². The summed E-state index contributed by atoms with van der Waals surface area (Å²) >= 11 is 0. The first-order valence-electron chi connectivity index (χ1n) is 12.5. The fourth-order valence-electron chi connectivity index (χ4n) is 5.12. The predicted octanol–water partition coefficient (Wildman–Crippen LogP) is 3.15. The summed E-state index contributed by atoms with van der Waals surface area (Å²) in [6, 6.07) is 7.82. The van der Waals surface area contributed by atoms with Crippen molar-refractivity contribution in [3.05, 3.63) is 41.3 Å². The Bertz CT molecular complexity index is 925.